The van der Waals surface area contributed by atoms with Gasteiger partial charge >= 0.3 is 0 Å². The quantitative estimate of drug-likeness (QED) is 0.495. The summed E-state index contributed by atoms with van der Waals surface area (Å²) in [5.74, 6) is 0.971. The molecule has 1 aromatic carbocycles. The zero-order valence-electron chi connectivity index (χ0n) is 8.26. The van der Waals surface area contributed by atoms with E-state index in [-0.39, 0.29) is 0 Å². The van der Waals surface area contributed by atoms with Gasteiger partial charge in [0.15, 0.2) is 5.84 Å². The predicted octanol–water partition coefficient (Wildman–Crippen LogP) is 2.14. The molecular formula is C9H9IN6. The normalized spacial score (nSPS) is 15.1. The number of rotatable bonds is 2. The first-order chi connectivity index (χ1) is 7.74. The van der Waals surface area contributed by atoms with Crippen LogP contribution in [0.1, 0.15) is 6.42 Å². The molecule has 0 saturated carbocycles. The Morgan fingerprint density at radius 2 is 2.25 bits per heavy atom. The fourth-order valence-electron chi connectivity index (χ4n) is 1.11. The Morgan fingerprint density at radius 1 is 1.38 bits per heavy atom. The van der Waals surface area contributed by atoms with Crippen molar-refractivity contribution >= 4 is 39.9 Å². The molecule has 0 radical (unpaired) electrons. The van der Waals surface area contributed by atoms with Gasteiger partial charge in [-0.25, -0.2) is 0 Å². The molecule has 2 rings (SSSR count). The third-order valence-electron chi connectivity index (χ3n) is 1.80. The number of hydrogen-bond acceptors (Lipinski definition) is 5. The SMILES string of the molecule is NC1=NN=C(N=NNc2cccc(I)c2)C1. The van der Waals surface area contributed by atoms with E-state index in [9.17, 15) is 0 Å². The summed E-state index contributed by atoms with van der Waals surface area (Å²) in [6.07, 6.45) is 0.456. The molecular weight excluding hydrogens is 319 g/mol. The van der Waals surface area contributed by atoms with Crippen LogP contribution in [0.3, 0.4) is 0 Å². The van der Waals surface area contributed by atoms with Crippen LogP contribution in [0.5, 0.6) is 0 Å². The van der Waals surface area contributed by atoms with E-state index < -0.39 is 0 Å². The highest BCUT2D eigenvalue weighted by atomic mass is 127. The molecule has 16 heavy (non-hydrogen) atoms. The maximum atomic E-state index is 5.44. The molecule has 1 aromatic rings. The molecule has 0 unspecified atom stereocenters. The Kier molecular flexibility index (Phi) is 3.44. The number of halogens is 1. The van der Waals surface area contributed by atoms with Crippen LogP contribution in [0.4, 0.5) is 5.69 Å². The number of anilines is 1. The minimum Gasteiger partial charge on any atom is -0.385 e. The van der Waals surface area contributed by atoms with Gasteiger partial charge in [-0.3, -0.25) is 5.43 Å². The first-order valence-corrected chi connectivity index (χ1v) is 5.63. The van der Waals surface area contributed by atoms with Gasteiger partial charge in [0, 0.05) is 3.57 Å². The largest absolute Gasteiger partial charge is 0.385 e. The highest BCUT2D eigenvalue weighted by molar-refractivity contribution is 14.1. The van der Waals surface area contributed by atoms with Gasteiger partial charge in [0.25, 0.3) is 0 Å². The van der Waals surface area contributed by atoms with Gasteiger partial charge < -0.3 is 5.73 Å². The predicted molar refractivity (Wildman–Crippen MR) is 71.3 cm³/mol. The number of hydrogen-bond donors (Lipinski definition) is 2. The van der Waals surface area contributed by atoms with Crippen molar-refractivity contribution < 1.29 is 0 Å². The van der Waals surface area contributed by atoms with E-state index in [2.05, 4.69) is 48.6 Å². The number of nitrogens with two attached hydrogens (primary N) is 1. The first-order valence-electron chi connectivity index (χ1n) is 4.55. The maximum absolute atomic E-state index is 5.44. The molecule has 3 N–H and O–H groups in total. The van der Waals surface area contributed by atoms with Crippen LogP contribution in [0, 0.1) is 3.57 Å². The summed E-state index contributed by atoms with van der Waals surface area (Å²) in [5.41, 5.74) is 9.13. The lowest BCUT2D eigenvalue weighted by molar-refractivity contribution is 1.13. The molecule has 82 valence electrons. The molecule has 1 aliphatic rings. The molecule has 7 heteroatoms. The van der Waals surface area contributed by atoms with Crippen molar-refractivity contribution in [3.63, 3.8) is 0 Å². The van der Waals surface area contributed by atoms with Crippen molar-refractivity contribution in [2.45, 2.75) is 6.42 Å². The van der Waals surface area contributed by atoms with Gasteiger partial charge in [-0.15, -0.1) is 15.3 Å². The van der Waals surface area contributed by atoms with Gasteiger partial charge in [-0.05, 0) is 40.8 Å². The molecule has 0 aliphatic carbocycles. The average molecular weight is 328 g/mol. The van der Waals surface area contributed by atoms with Gasteiger partial charge in [0.05, 0.1) is 12.1 Å². The molecule has 0 fully saturated rings. The second-order valence-corrected chi connectivity index (χ2v) is 4.35. The summed E-state index contributed by atoms with van der Waals surface area (Å²) >= 11 is 2.23. The van der Waals surface area contributed by atoms with Crippen molar-refractivity contribution in [2.24, 2.45) is 26.3 Å². The van der Waals surface area contributed by atoms with Crippen LogP contribution >= 0.6 is 22.6 Å². The summed E-state index contributed by atoms with van der Waals surface area (Å²) in [4.78, 5) is 0. The molecule has 0 aromatic heterocycles. The highest BCUT2D eigenvalue weighted by Gasteiger charge is 2.07. The Morgan fingerprint density at radius 3 is 2.94 bits per heavy atom. The van der Waals surface area contributed by atoms with Gasteiger partial charge in [-0.1, -0.05) is 11.3 Å². The van der Waals surface area contributed by atoms with E-state index >= 15 is 0 Å². The summed E-state index contributed by atoms with van der Waals surface area (Å²) in [5, 5.41) is 15.1. The van der Waals surface area contributed by atoms with Gasteiger partial charge in [0.1, 0.15) is 5.84 Å². The summed E-state index contributed by atoms with van der Waals surface area (Å²) in [6.45, 7) is 0. The minimum absolute atomic E-state index is 0.456. The van der Waals surface area contributed by atoms with Crippen LogP contribution in [-0.2, 0) is 0 Å². The summed E-state index contributed by atoms with van der Waals surface area (Å²) in [7, 11) is 0. The lowest BCUT2D eigenvalue weighted by Gasteiger charge is -1.98. The number of amidine groups is 2. The number of benzene rings is 1. The molecule has 0 bridgehead atoms. The Balaban J connectivity index is 1.91. The minimum atomic E-state index is 0.456. The molecule has 0 spiro atoms. The first kappa shape index (κ1) is 11.0. The average Bonchev–Trinajstić information content (AvgIpc) is 2.64. The molecule has 1 aliphatic heterocycles. The van der Waals surface area contributed by atoms with Crippen LogP contribution < -0.4 is 11.2 Å². The lowest BCUT2D eigenvalue weighted by atomic mass is 10.3. The maximum Gasteiger partial charge on any atom is 0.182 e. The lowest BCUT2D eigenvalue weighted by Crippen LogP contribution is -2.10. The number of nitrogens with zero attached hydrogens (tertiary/aromatic N) is 4. The van der Waals surface area contributed by atoms with Crippen LogP contribution in [0.2, 0.25) is 0 Å². The van der Waals surface area contributed by atoms with E-state index in [1.807, 2.05) is 24.3 Å². The number of nitrogens with one attached hydrogen (secondary N) is 1. The third kappa shape index (κ3) is 2.99. The highest BCUT2D eigenvalue weighted by Crippen LogP contribution is 2.12. The van der Waals surface area contributed by atoms with Crippen molar-refractivity contribution in [1.82, 2.24) is 0 Å². The van der Waals surface area contributed by atoms with Crippen molar-refractivity contribution in [1.29, 1.82) is 0 Å². The van der Waals surface area contributed by atoms with Crippen molar-refractivity contribution in [3.8, 4) is 0 Å². The van der Waals surface area contributed by atoms with E-state index in [1.54, 1.807) is 0 Å². The van der Waals surface area contributed by atoms with E-state index in [0.717, 1.165) is 9.26 Å². The zero-order valence-corrected chi connectivity index (χ0v) is 10.4. The summed E-state index contributed by atoms with van der Waals surface area (Å²) in [6, 6.07) is 7.80. The van der Waals surface area contributed by atoms with Crippen LogP contribution in [0.15, 0.2) is 44.8 Å². The second-order valence-electron chi connectivity index (χ2n) is 3.11. The van der Waals surface area contributed by atoms with Crippen molar-refractivity contribution in [2.75, 3.05) is 5.43 Å². The monoisotopic (exact) mass is 328 g/mol. The van der Waals surface area contributed by atoms with E-state index in [4.69, 9.17) is 5.73 Å². The van der Waals surface area contributed by atoms with E-state index in [1.165, 1.54) is 0 Å². The smallest absolute Gasteiger partial charge is 0.182 e. The molecule has 6 nitrogen and oxygen atoms in total. The Hall–Kier alpha value is -1.51. The van der Waals surface area contributed by atoms with Gasteiger partial charge in [0.2, 0.25) is 0 Å². The standard InChI is InChI=1S/C9H9IN6/c10-6-2-1-3-7(4-6)12-16-15-9-5-8(11)13-14-9/h1-4H,5H2,(H2,11,13)(H,12,14,15). The fraction of sp³-hybridized carbons (Fsp3) is 0.111. The summed E-state index contributed by atoms with van der Waals surface area (Å²) < 4.78 is 1.13. The molecule has 0 saturated heterocycles. The second kappa shape index (κ2) is 5.01. The van der Waals surface area contributed by atoms with Gasteiger partial charge in [-0.2, -0.15) is 0 Å². The molecule has 0 amide bonds. The Labute approximate surface area is 106 Å². The fourth-order valence-corrected chi connectivity index (χ4v) is 1.65. The topological polar surface area (TPSA) is 87.5 Å². The van der Waals surface area contributed by atoms with Crippen molar-refractivity contribution in [3.05, 3.63) is 27.8 Å². The van der Waals surface area contributed by atoms with Crippen LogP contribution in [0.25, 0.3) is 0 Å². The van der Waals surface area contributed by atoms with E-state index in [0.29, 0.717) is 18.1 Å². The molecule has 1 heterocycles. The van der Waals surface area contributed by atoms with Crippen LogP contribution in [-0.4, -0.2) is 11.7 Å². The molecule has 0 atom stereocenters. The Bertz CT molecular complexity index is 479. The third-order valence-corrected chi connectivity index (χ3v) is 2.47. The zero-order chi connectivity index (χ0) is 11.4.